The number of phenolic OH excluding ortho intramolecular Hbond substituents is 1. The quantitative estimate of drug-likeness (QED) is 0.324. The van der Waals surface area contributed by atoms with Crippen molar-refractivity contribution in [3.63, 3.8) is 0 Å². The number of para-hydroxylation sites is 2. The molecule has 0 unspecified atom stereocenters. The fourth-order valence-corrected chi connectivity index (χ4v) is 3.41. The number of nitro benzene ring substituents is 3. The van der Waals surface area contributed by atoms with Crippen LogP contribution in [0.1, 0.15) is 11.3 Å². The van der Waals surface area contributed by atoms with Crippen LogP contribution in [-0.2, 0) is 0 Å². The topological polar surface area (TPSA) is 155 Å². The van der Waals surface area contributed by atoms with Gasteiger partial charge in [0, 0.05) is 16.8 Å². The maximum Gasteiger partial charge on any atom is 0.324 e. The third-order valence-corrected chi connectivity index (χ3v) is 5.10. The second kappa shape index (κ2) is 9.14. The first-order valence-electron chi connectivity index (χ1n) is 9.55. The van der Waals surface area contributed by atoms with Gasteiger partial charge in [0.05, 0.1) is 32.4 Å². The van der Waals surface area contributed by atoms with Crippen LogP contribution in [0.15, 0.2) is 66.7 Å². The monoisotopic (exact) mass is 450 g/mol. The van der Waals surface area contributed by atoms with Crippen LogP contribution in [0, 0.1) is 44.2 Å². The van der Waals surface area contributed by atoms with Crippen molar-refractivity contribution >= 4 is 28.0 Å². The minimum Gasteiger partial charge on any atom is -0.497 e. The zero-order chi connectivity index (χ0) is 24.3. The lowest BCUT2D eigenvalue weighted by Crippen LogP contribution is -1.97. The van der Waals surface area contributed by atoms with E-state index in [-0.39, 0.29) is 0 Å². The Labute approximate surface area is 186 Å². The summed E-state index contributed by atoms with van der Waals surface area (Å²) in [6, 6.07) is 20.0. The predicted molar refractivity (Wildman–Crippen MR) is 121 cm³/mol. The Morgan fingerprint density at radius 3 is 1.79 bits per heavy atom. The lowest BCUT2D eigenvalue weighted by atomic mass is 10.2. The Kier molecular flexibility index (Phi) is 6.34. The maximum absolute atomic E-state index is 10.4. The summed E-state index contributed by atoms with van der Waals surface area (Å²) in [6.07, 6.45) is 0. The van der Waals surface area contributed by atoms with Crippen molar-refractivity contribution in [3.8, 4) is 11.4 Å². The Hall–Kier alpha value is -4.80. The molecule has 0 aliphatic carbocycles. The third kappa shape index (κ3) is 4.46. The number of rotatable bonds is 4. The van der Waals surface area contributed by atoms with Crippen LogP contribution in [0.5, 0.6) is 5.75 Å². The molecule has 0 saturated heterocycles. The van der Waals surface area contributed by atoms with E-state index >= 15 is 0 Å². The Morgan fingerprint density at radius 1 is 0.758 bits per heavy atom. The average molecular weight is 450 g/mol. The molecule has 0 fully saturated rings. The number of hydrogen-bond acceptors (Lipinski definition) is 7. The second-order valence-corrected chi connectivity index (χ2v) is 7.00. The molecule has 0 spiro atoms. The molecular formula is C22H18N4O7. The Balaban J connectivity index is 0.000000186. The maximum atomic E-state index is 10.4. The Morgan fingerprint density at radius 2 is 1.27 bits per heavy atom. The highest BCUT2D eigenvalue weighted by atomic mass is 16.6. The van der Waals surface area contributed by atoms with Crippen molar-refractivity contribution in [2.45, 2.75) is 13.8 Å². The van der Waals surface area contributed by atoms with Crippen LogP contribution in [0.25, 0.3) is 16.6 Å². The van der Waals surface area contributed by atoms with E-state index in [1.807, 2.05) is 0 Å². The summed E-state index contributed by atoms with van der Waals surface area (Å²) in [5.74, 6) is -1.21. The number of nitro groups is 3. The van der Waals surface area contributed by atoms with E-state index in [1.165, 1.54) is 27.8 Å². The number of benzene rings is 3. The van der Waals surface area contributed by atoms with Crippen molar-refractivity contribution < 1.29 is 19.9 Å². The molecule has 4 rings (SSSR count). The highest BCUT2D eigenvalue weighted by Gasteiger charge is 2.30. The van der Waals surface area contributed by atoms with Gasteiger partial charge in [-0.15, -0.1) is 0 Å². The van der Waals surface area contributed by atoms with Crippen LogP contribution < -0.4 is 0 Å². The van der Waals surface area contributed by atoms with E-state index in [1.54, 1.807) is 0 Å². The number of non-ortho nitro benzene ring substituents is 1. The number of nitrogens with zero attached hydrogens (tertiary/aromatic N) is 4. The summed E-state index contributed by atoms with van der Waals surface area (Å²) in [4.78, 5) is 27.8. The zero-order valence-corrected chi connectivity index (χ0v) is 17.5. The lowest BCUT2D eigenvalue weighted by molar-refractivity contribution is -0.404. The first kappa shape index (κ1) is 22.9. The third-order valence-electron chi connectivity index (χ3n) is 5.10. The highest BCUT2D eigenvalue weighted by molar-refractivity contribution is 5.87. The molecule has 0 aliphatic rings. The molecule has 1 N–H and O–H groups in total. The summed E-state index contributed by atoms with van der Waals surface area (Å²) < 4.78 is 2.32. The molecule has 4 aromatic rings. The van der Waals surface area contributed by atoms with Gasteiger partial charge in [-0.05, 0) is 37.6 Å². The predicted octanol–water partition coefficient (Wildman–Crippen LogP) is 5.36. The van der Waals surface area contributed by atoms with Crippen LogP contribution in [0.2, 0.25) is 0 Å². The number of aryl methyl sites for hydroxylation is 1. The van der Waals surface area contributed by atoms with Gasteiger partial charge in [-0.1, -0.05) is 36.4 Å². The first-order valence-corrected chi connectivity index (χ1v) is 9.55. The molecule has 1 heterocycles. The van der Waals surface area contributed by atoms with Crippen molar-refractivity contribution in [2.24, 2.45) is 0 Å². The van der Waals surface area contributed by atoms with Crippen LogP contribution in [0.4, 0.5) is 17.1 Å². The molecule has 1 aromatic heterocycles. The SMILES string of the molecule is Cc1c(C)n(-c2ccccc2)c2ccccc12.O=[N+]([O-])c1cc([N+](=O)[O-])c(O)c([N+](=O)[O-])c1. The summed E-state index contributed by atoms with van der Waals surface area (Å²) in [6.45, 7) is 4.37. The molecule has 11 heteroatoms. The Bertz CT molecular complexity index is 1350. The minimum absolute atomic E-state index is 0.447. The zero-order valence-electron chi connectivity index (χ0n) is 17.5. The molecule has 0 radical (unpaired) electrons. The van der Waals surface area contributed by atoms with Crippen LogP contribution in [-0.4, -0.2) is 24.4 Å². The summed E-state index contributed by atoms with van der Waals surface area (Å²) in [5.41, 5.74) is 2.20. The lowest BCUT2D eigenvalue weighted by Gasteiger charge is -2.08. The van der Waals surface area contributed by atoms with Gasteiger partial charge in [-0.3, -0.25) is 30.3 Å². The van der Waals surface area contributed by atoms with E-state index in [0.29, 0.717) is 12.1 Å². The minimum atomic E-state index is -1.21. The molecule has 3 aromatic carbocycles. The molecule has 33 heavy (non-hydrogen) atoms. The van der Waals surface area contributed by atoms with Crippen molar-refractivity contribution in [1.29, 1.82) is 0 Å². The van der Waals surface area contributed by atoms with Gasteiger partial charge in [-0.25, -0.2) is 0 Å². The van der Waals surface area contributed by atoms with Gasteiger partial charge in [0.15, 0.2) is 0 Å². The van der Waals surface area contributed by atoms with Gasteiger partial charge in [0.2, 0.25) is 0 Å². The van der Waals surface area contributed by atoms with E-state index in [9.17, 15) is 30.3 Å². The summed E-state index contributed by atoms with van der Waals surface area (Å²) in [5, 5.41) is 41.6. The number of aromatic hydroxyl groups is 1. The normalized spacial score (nSPS) is 10.4. The number of phenols is 1. The smallest absolute Gasteiger partial charge is 0.324 e. The van der Waals surface area contributed by atoms with E-state index in [0.717, 1.165) is 0 Å². The van der Waals surface area contributed by atoms with E-state index < -0.39 is 37.6 Å². The van der Waals surface area contributed by atoms with Gasteiger partial charge < -0.3 is 9.67 Å². The summed E-state index contributed by atoms with van der Waals surface area (Å²) >= 11 is 0. The standard InChI is InChI=1S/C16H15N.C6H3N3O7/c1-12-13(2)17(14-8-4-3-5-9-14)16-11-7-6-10-15(12)16;10-6-4(8(13)14)1-3(7(11)12)2-5(6)9(15)16/h3-11H,1-2H3;1-2,10H. The van der Waals surface area contributed by atoms with Gasteiger partial charge in [-0.2, -0.15) is 0 Å². The molecular weight excluding hydrogens is 432 g/mol. The molecule has 11 nitrogen and oxygen atoms in total. The molecule has 168 valence electrons. The van der Waals surface area contributed by atoms with Gasteiger partial charge >= 0.3 is 11.4 Å². The van der Waals surface area contributed by atoms with Crippen molar-refractivity contribution in [1.82, 2.24) is 4.57 Å². The molecule has 0 atom stereocenters. The summed E-state index contributed by atoms with van der Waals surface area (Å²) in [7, 11) is 0. The fourth-order valence-electron chi connectivity index (χ4n) is 3.41. The van der Waals surface area contributed by atoms with E-state index in [4.69, 9.17) is 5.11 Å². The second-order valence-electron chi connectivity index (χ2n) is 7.00. The van der Waals surface area contributed by atoms with Crippen LogP contribution in [0.3, 0.4) is 0 Å². The highest BCUT2D eigenvalue weighted by Crippen LogP contribution is 2.39. The number of fused-ring (bicyclic) bond motifs is 1. The molecule has 0 aliphatic heterocycles. The van der Waals surface area contributed by atoms with E-state index in [2.05, 4.69) is 73.0 Å². The van der Waals surface area contributed by atoms with Gasteiger partial charge in [0.25, 0.3) is 11.4 Å². The van der Waals surface area contributed by atoms with Crippen molar-refractivity contribution in [3.05, 3.63) is 108 Å². The average Bonchev–Trinajstić information content (AvgIpc) is 3.04. The van der Waals surface area contributed by atoms with Crippen molar-refractivity contribution in [2.75, 3.05) is 0 Å². The molecule has 0 bridgehead atoms. The molecule has 0 amide bonds. The fraction of sp³-hybridized carbons (Fsp3) is 0.0909. The largest absolute Gasteiger partial charge is 0.497 e. The first-order chi connectivity index (χ1) is 15.6. The number of aromatic nitrogens is 1. The number of hydrogen-bond donors (Lipinski definition) is 1. The molecule has 0 saturated carbocycles. The van der Waals surface area contributed by atoms with Gasteiger partial charge in [0.1, 0.15) is 0 Å². The van der Waals surface area contributed by atoms with Crippen LogP contribution >= 0.6 is 0 Å².